The third-order valence-electron chi connectivity index (χ3n) is 4.70. The zero-order chi connectivity index (χ0) is 24.1. The molecule has 0 unspecified atom stereocenters. The van der Waals surface area contributed by atoms with Gasteiger partial charge in [0.1, 0.15) is 11.5 Å². The highest BCUT2D eigenvalue weighted by atomic mass is 35.5. The van der Waals surface area contributed by atoms with E-state index in [1.165, 1.54) is 23.1 Å². The number of halogens is 2. The third-order valence-corrected chi connectivity index (χ3v) is 7.52. The molecule has 34 heavy (non-hydrogen) atoms. The third kappa shape index (κ3) is 5.82. The van der Waals surface area contributed by atoms with Crippen LogP contribution < -0.4 is 14.8 Å². The van der Waals surface area contributed by atoms with Crippen molar-refractivity contribution >= 4 is 80.0 Å². The van der Waals surface area contributed by atoms with Crippen molar-refractivity contribution in [3.63, 3.8) is 0 Å². The first-order valence-corrected chi connectivity index (χ1v) is 12.6. The molecule has 3 aromatic carbocycles. The maximum Gasteiger partial charge on any atom is 0.234 e. The Morgan fingerprint density at radius 2 is 1.91 bits per heavy atom. The molecule has 0 fully saturated rings. The van der Waals surface area contributed by atoms with Crippen molar-refractivity contribution in [1.82, 2.24) is 4.98 Å². The molecule has 0 saturated carbocycles. The number of nitrogens with zero attached hydrogens (tertiary/aromatic N) is 2. The Hall–Kier alpha value is -2.78. The molecule has 10 heteroatoms. The van der Waals surface area contributed by atoms with Gasteiger partial charge in [0.25, 0.3) is 0 Å². The van der Waals surface area contributed by atoms with E-state index < -0.39 is 0 Å². The molecule has 1 N–H and O–H groups in total. The largest absolute Gasteiger partial charge is 0.497 e. The molecule has 4 aromatic rings. The summed E-state index contributed by atoms with van der Waals surface area (Å²) in [6.07, 6.45) is 1.65. The van der Waals surface area contributed by atoms with Crippen LogP contribution in [0, 0.1) is 0 Å². The molecule has 0 spiro atoms. The lowest BCUT2D eigenvalue weighted by Crippen LogP contribution is -2.14. The van der Waals surface area contributed by atoms with Crippen LogP contribution in [0.2, 0.25) is 10.0 Å². The maximum atomic E-state index is 12.5. The first-order chi connectivity index (χ1) is 16.5. The predicted molar refractivity (Wildman–Crippen MR) is 142 cm³/mol. The molecule has 0 aliphatic heterocycles. The summed E-state index contributed by atoms with van der Waals surface area (Å²) in [7, 11) is 3.12. The highest BCUT2D eigenvalue weighted by Gasteiger charge is 2.12. The molecule has 1 aromatic heterocycles. The summed E-state index contributed by atoms with van der Waals surface area (Å²) < 4.78 is 12.3. The molecule has 0 radical (unpaired) electrons. The number of thiazole rings is 1. The van der Waals surface area contributed by atoms with E-state index in [2.05, 4.69) is 15.3 Å². The van der Waals surface area contributed by atoms with Gasteiger partial charge < -0.3 is 14.8 Å². The molecule has 6 nitrogen and oxygen atoms in total. The number of carbonyl (C=O) groups is 1. The molecule has 174 valence electrons. The number of amides is 1. The number of hydrogen-bond acceptors (Lipinski definition) is 7. The van der Waals surface area contributed by atoms with Crippen molar-refractivity contribution in [1.29, 1.82) is 0 Å². The fraction of sp³-hybridized carbons (Fsp3) is 0.125. The number of ether oxygens (including phenoxy) is 2. The molecule has 1 amide bonds. The van der Waals surface area contributed by atoms with Gasteiger partial charge in [0.2, 0.25) is 5.91 Å². The number of carbonyl (C=O) groups excluding carboxylic acids is 1. The van der Waals surface area contributed by atoms with Crippen molar-refractivity contribution in [2.24, 2.45) is 4.99 Å². The van der Waals surface area contributed by atoms with Gasteiger partial charge in [-0.2, -0.15) is 0 Å². The average molecular weight is 532 g/mol. The normalized spacial score (nSPS) is 11.2. The smallest absolute Gasteiger partial charge is 0.234 e. The molecular weight excluding hydrogens is 513 g/mol. The monoisotopic (exact) mass is 531 g/mol. The van der Waals surface area contributed by atoms with Crippen LogP contribution >= 0.6 is 46.3 Å². The van der Waals surface area contributed by atoms with E-state index in [9.17, 15) is 4.79 Å². The summed E-state index contributed by atoms with van der Waals surface area (Å²) in [6.45, 7) is 0. The van der Waals surface area contributed by atoms with Gasteiger partial charge in [0.15, 0.2) is 4.34 Å². The van der Waals surface area contributed by atoms with Gasteiger partial charge in [-0.25, -0.2) is 4.98 Å². The van der Waals surface area contributed by atoms with Crippen molar-refractivity contribution in [3.8, 4) is 11.5 Å². The highest BCUT2D eigenvalue weighted by molar-refractivity contribution is 8.01. The number of fused-ring (bicyclic) bond motifs is 1. The number of aromatic nitrogens is 1. The predicted octanol–water partition coefficient (Wildman–Crippen LogP) is 7.10. The Labute approximate surface area is 214 Å². The van der Waals surface area contributed by atoms with E-state index in [-0.39, 0.29) is 11.7 Å². The Morgan fingerprint density at radius 3 is 2.65 bits per heavy atom. The second-order valence-corrected chi connectivity index (χ2v) is 10.00. The number of benzene rings is 3. The summed E-state index contributed by atoms with van der Waals surface area (Å²) in [5.74, 6) is 1.23. The molecule has 0 aliphatic carbocycles. The quantitative estimate of drug-likeness (QED) is 0.194. The topological polar surface area (TPSA) is 72.8 Å². The lowest BCUT2D eigenvalue weighted by atomic mass is 10.2. The standard InChI is InChI=1S/C24H19Cl2N3O3S2/c1-31-15-7-9-21(32-2)20(11-15)28-23(30)13-33-24-29-19-8-6-14(10-22(19)34-24)27-12-16-17(25)4-3-5-18(16)26/h3-12H,13H2,1-2H3,(H,28,30). The van der Waals surface area contributed by atoms with Gasteiger partial charge in [-0.15, -0.1) is 11.3 Å². The van der Waals surface area contributed by atoms with E-state index >= 15 is 0 Å². The summed E-state index contributed by atoms with van der Waals surface area (Å²) in [5.41, 5.74) is 2.83. The fourth-order valence-electron chi connectivity index (χ4n) is 3.03. The lowest BCUT2D eigenvalue weighted by Gasteiger charge is -2.11. The minimum absolute atomic E-state index is 0.169. The first kappa shape index (κ1) is 24.3. The Morgan fingerprint density at radius 1 is 1.12 bits per heavy atom. The van der Waals surface area contributed by atoms with Gasteiger partial charge in [0, 0.05) is 17.8 Å². The summed E-state index contributed by atoms with van der Waals surface area (Å²) in [5, 5.41) is 3.94. The van der Waals surface area contributed by atoms with Crippen LogP contribution in [-0.4, -0.2) is 37.1 Å². The maximum absolute atomic E-state index is 12.5. The number of hydrogen-bond donors (Lipinski definition) is 1. The van der Waals surface area contributed by atoms with Crippen LogP contribution in [0.1, 0.15) is 5.56 Å². The van der Waals surface area contributed by atoms with Crippen molar-refractivity contribution in [3.05, 3.63) is 70.2 Å². The molecule has 0 bridgehead atoms. The molecule has 0 saturated heterocycles. The summed E-state index contributed by atoms with van der Waals surface area (Å²) in [6, 6.07) is 16.3. The number of aliphatic imine (C=N–C) groups is 1. The molecule has 1 heterocycles. The Kier molecular flexibility index (Phi) is 7.95. The molecular formula is C24H19Cl2N3O3S2. The number of methoxy groups -OCH3 is 2. The minimum atomic E-state index is -0.169. The molecule has 0 atom stereocenters. The van der Waals surface area contributed by atoms with Crippen molar-refractivity contribution < 1.29 is 14.3 Å². The van der Waals surface area contributed by atoms with Crippen LogP contribution in [0.5, 0.6) is 11.5 Å². The average Bonchev–Trinajstić information content (AvgIpc) is 3.24. The number of rotatable bonds is 8. The van der Waals surface area contributed by atoms with E-state index in [0.29, 0.717) is 32.8 Å². The van der Waals surface area contributed by atoms with E-state index in [1.54, 1.807) is 56.8 Å². The SMILES string of the molecule is COc1ccc(OC)c(NC(=O)CSc2nc3ccc(N=Cc4c(Cl)cccc4Cl)cc3s2)c1. The van der Waals surface area contributed by atoms with Crippen LogP contribution in [0.25, 0.3) is 10.2 Å². The Balaban J connectivity index is 1.43. The van der Waals surface area contributed by atoms with Gasteiger partial charge in [-0.3, -0.25) is 9.79 Å². The van der Waals surface area contributed by atoms with E-state index in [4.69, 9.17) is 32.7 Å². The highest BCUT2D eigenvalue weighted by Crippen LogP contribution is 2.33. The van der Waals surface area contributed by atoms with Gasteiger partial charge in [0.05, 0.1) is 51.6 Å². The summed E-state index contributed by atoms with van der Waals surface area (Å²) >= 11 is 15.3. The van der Waals surface area contributed by atoms with E-state index in [0.717, 1.165) is 20.2 Å². The van der Waals surface area contributed by atoms with Crippen LogP contribution in [0.15, 0.2) is 63.9 Å². The zero-order valence-electron chi connectivity index (χ0n) is 18.2. The Bertz CT molecular complexity index is 1350. The first-order valence-electron chi connectivity index (χ1n) is 10.00. The molecule has 0 aliphatic rings. The molecule has 4 rings (SSSR count). The fourth-order valence-corrected chi connectivity index (χ4v) is 5.43. The minimum Gasteiger partial charge on any atom is -0.497 e. The number of anilines is 1. The second-order valence-electron chi connectivity index (χ2n) is 6.93. The van der Waals surface area contributed by atoms with E-state index in [1.807, 2.05) is 18.2 Å². The van der Waals surface area contributed by atoms with Crippen LogP contribution in [-0.2, 0) is 4.79 Å². The van der Waals surface area contributed by atoms with Gasteiger partial charge >= 0.3 is 0 Å². The zero-order valence-corrected chi connectivity index (χ0v) is 21.3. The number of nitrogens with one attached hydrogen (secondary N) is 1. The van der Waals surface area contributed by atoms with Gasteiger partial charge in [-0.05, 0) is 42.5 Å². The van der Waals surface area contributed by atoms with Gasteiger partial charge in [-0.1, -0.05) is 41.0 Å². The summed E-state index contributed by atoms with van der Waals surface area (Å²) in [4.78, 5) is 21.6. The van der Waals surface area contributed by atoms with Crippen LogP contribution in [0.3, 0.4) is 0 Å². The van der Waals surface area contributed by atoms with Crippen molar-refractivity contribution in [2.75, 3.05) is 25.3 Å². The van der Waals surface area contributed by atoms with Crippen molar-refractivity contribution in [2.45, 2.75) is 4.34 Å². The number of thioether (sulfide) groups is 1. The second kappa shape index (κ2) is 11.1. The van der Waals surface area contributed by atoms with Crippen LogP contribution in [0.4, 0.5) is 11.4 Å². The lowest BCUT2D eigenvalue weighted by molar-refractivity contribution is -0.113.